The van der Waals surface area contributed by atoms with Gasteiger partial charge >= 0.3 is 0 Å². The summed E-state index contributed by atoms with van der Waals surface area (Å²) >= 11 is 3.45. The van der Waals surface area contributed by atoms with E-state index in [-0.39, 0.29) is 5.41 Å². The highest BCUT2D eigenvalue weighted by Crippen LogP contribution is 2.37. The Morgan fingerprint density at radius 2 is 1.13 bits per heavy atom. The fraction of sp³-hybridized carbons (Fsp3) is 0.357. The lowest BCUT2D eigenvalue weighted by molar-refractivity contribution is 0.279. The normalized spacial score (nSPS) is 11.0. The molecule has 0 N–H and O–H groups in total. The molecule has 0 fully saturated rings. The standard InChI is InChI=1S/C28H35BrO2/c1-4-18-28(19-5-2,20-6-3)25-12-16-27(17-13-25)31-22-9-7-8-21-30-26-14-10-24(23-29)11-15-26/h4-6,10-17H,1-3,7-9,18-23H2. The zero-order chi connectivity index (χ0) is 22.4. The lowest BCUT2D eigenvalue weighted by atomic mass is 9.72. The highest BCUT2D eigenvalue weighted by atomic mass is 79.9. The average molecular weight is 483 g/mol. The van der Waals surface area contributed by atoms with Crippen molar-refractivity contribution in [3.05, 3.63) is 97.6 Å². The van der Waals surface area contributed by atoms with Crippen LogP contribution in [-0.2, 0) is 10.7 Å². The van der Waals surface area contributed by atoms with Crippen LogP contribution < -0.4 is 9.47 Å². The minimum absolute atomic E-state index is 0.0156. The van der Waals surface area contributed by atoms with Crippen molar-refractivity contribution >= 4 is 15.9 Å². The van der Waals surface area contributed by atoms with E-state index in [1.807, 2.05) is 30.4 Å². The van der Waals surface area contributed by atoms with E-state index >= 15 is 0 Å². The van der Waals surface area contributed by atoms with Crippen LogP contribution in [0.15, 0.2) is 86.5 Å². The van der Waals surface area contributed by atoms with Crippen molar-refractivity contribution in [2.45, 2.75) is 49.3 Å². The molecule has 0 unspecified atom stereocenters. The molecule has 0 aliphatic heterocycles. The summed E-state index contributed by atoms with van der Waals surface area (Å²) in [5.74, 6) is 1.85. The van der Waals surface area contributed by atoms with Crippen LogP contribution in [0.5, 0.6) is 11.5 Å². The molecule has 2 aromatic rings. The molecule has 2 aromatic carbocycles. The first-order chi connectivity index (χ1) is 15.2. The van der Waals surface area contributed by atoms with Gasteiger partial charge < -0.3 is 9.47 Å². The van der Waals surface area contributed by atoms with Gasteiger partial charge in [0.1, 0.15) is 11.5 Å². The van der Waals surface area contributed by atoms with Crippen LogP contribution in [0, 0.1) is 0 Å². The fourth-order valence-electron chi connectivity index (χ4n) is 3.77. The van der Waals surface area contributed by atoms with E-state index in [2.05, 4.69) is 72.1 Å². The van der Waals surface area contributed by atoms with E-state index in [0.29, 0.717) is 0 Å². The molecule has 0 amide bonds. The number of rotatable bonds is 16. The van der Waals surface area contributed by atoms with Crippen molar-refractivity contribution in [3.8, 4) is 11.5 Å². The lowest BCUT2D eigenvalue weighted by Crippen LogP contribution is -2.24. The second kappa shape index (κ2) is 13.9. The maximum Gasteiger partial charge on any atom is 0.119 e. The molecule has 0 atom stereocenters. The van der Waals surface area contributed by atoms with Crippen molar-refractivity contribution in [1.29, 1.82) is 0 Å². The molecule has 2 rings (SSSR count). The summed E-state index contributed by atoms with van der Waals surface area (Å²) in [6.45, 7) is 13.3. The van der Waals surface area contributed by atoms with E-state index in [0.717, 1.165) is 68.6 Å². The SMILES string of the molecule is C=CCC(CC=C)(CC=C)c1ccc(OCCCCCOc2ccc(CBr)cc2)cc1. The summed E-state index contributed by atoms with van der Waals surface area (Å²) in [5, 5.41) is 0.870. The van der Waals surface area contributed by atoms with Crippen LogP contribution in [0.1, 0.15) is 49.7 Å². The quantitative estimate of drug-likeness (QED) is 0.136. The highest BCUT2D eigenvalue weighted by molar-refractivity contribution is 9.08. The molecule has 31 heavy (non-hydrogen) atoms. The van der Waals surface area contributed by atoms with Crippen molar-refractivity contribution in [2.75, 3.05) is 13.2 Å². The zero-order valence-corrected chi connectivity index (χ0v) is 20.1. The Balaban J connectivity index is 1.73. The Kier molecular flexibility index (Phi) is 11.2. The Labute approximate surface area is 196 Å². The molecule has 0 aliphatic carbocycles. The second-order valence-corrected chi connectivity index (χ2v) is 8.38. The Bertz CT molecular complexity index is 766. The van der Waals surface area contributed by atoms with Gasteiger partial charge in [0.15, 0.2) is 0 Å². The van der Waals surface area contributed by atoms with Gasteiger partial charge in [0, 0.05) is 10.7 Å². The second-order valence-electron chi connectivity index (χ2n) is 7.82. The Morgan fingerprint density at radius 3 is 1.55 bits per heavy atom. The van der Waals surface area contributed by atoms with Crippen LogP contribution in [0.4, 0.5) is 0 Å². The third-order valence-electron chi connectivity index (χ3n) is 5.48. The van der Waals surface area contributed by atoms with Crippen LogP contribution in [0.3, 0.4) is 0 Å². The number of benzene rings is 2. The molecule has 0 saturated heterocycles. The van der Waals surface area contributed by atoms with Crippen LogP contribution in [-0.4, -0.2) is 13.2 Å². The van der Waals surface area contributed by atoms with E-state index < -0.39 is 0 Å². The van der Waals surface area contributed by atoms with E-state index in [1.54, 1.807) is 0 Å². The van der Waals surface area contributed by atoms with Gasteiger partial charge in [0.2, 0.25) is 0 Å². The maximum absolute atomic E-state index is 5.94. The van der Waals surface area contributed by atoms with Crippen molar-refractivity contribution in [3.63, 3.8) is 0 Å². The van der Waals surface area contributed by atoms with Gasteiger partial charge in [-0.1, -0.05) is 58.4 Å². The maximum atomic E-state index is 5.94. The largest absolute Gasteiger partial charge is 0.494 e. The molecule has 0 bridgehead atoms. The Hall–Kier alpha value is -2.26. The van der Waals surface area contributed by atoms with E-state index in [4.69, 9.17) is 9.47 Å². The summed E-state index contributed by atoms with van der Waals surface area (Å²) < 4.78 is 11.7. The van der Waals surface area contributed by atoms with Gasteiger partial charge in [-0.05, 0) is 73.9 Å². The van der Waals surface area contributed by atoms with Crippen molar-refractivity contribution in [2.24, 2.45) is 0 Å². The molecule has 0 radical (unpaired) electrons. The molecule has 2 nitrogen and oxygen atoms in total. The first-order valence-electron chi connectivity index (χ1n) is 11.0. The molecule has 0 aromatic heterocycles. The average Bonchev–Trinajstić information content (AvgIpc) is 2.79. The van der Waals surface area contributed by atoms with Gasteiger partial charge in [-0.2, -0.15) is 0 Å². The Morgan fingerprint density at radius 1 is 0.677 bits per heavy atom. The van der Waals surface area contributed by atoms with Gasteiger partial charge in [-0.25, -0.2) is 0 Å². The lowest BCUT2D eigenvalue weighted by Gasteiger charge is -2.32. The summed E-state index contributed by atoms with van der Waals surface area (Å²) in [6.07, 6.45) is 11.8. The van der Waals surface area contributed by atoms with Gasteiger partial charge in [-0.3, -0.25) is 0 Å². The summed E-state index contributed by atoms with van der Waals surface area (Å²) in [4.78, 5) is 0. The number of unbranched alkanes of at least 4 members (excludes halogenated alkanes) is 2. The molecule has 166 valence electrons. The monoisotopic (exact) mass is 482 g/mol. The number of hydrogen-bond acceptors (Lipinski definition) is 2. The molecular formula is C28H35BrO2. The number of ether oxygens (including phenoxy) is 2. The summed E-state index contributed by atoms with van der Waals surface area (Å²) in [5.41, 5.74) is 2.52. The van der Waals surface area contributed by atoms with Gasteiger partial charge in [0.05, 0.1) is 13.2 Å². The highest BCUT2D eigenvalue weighted by Gasteiger charge is 2.28. The van der Waals surface area contributed by atoms with Crippen LogP contribution in [0.2, 0.25) is 0 Å². The smallest absolute Gasteiger partial charge is 0.119 e. The van der Waals surface area contributed by atoms with Gasteiger partial charge in [-0.15, -0.1) is 19.7 Å². The third kappa shape index (κ3) is 8.06. The predicted molar refractivity (Wildman–Crippen MR) is 136 cm³/mol. The molecule has 0 heterocycles. The fourth-order valence-corrected chi connectivity index (χ4v) is 4.15. The molecule has 0 saturated carbocycles. The zero-order valence-electron chi connectivity index (χ0n) is 18.5. The third-order valence-corrected chi connectivity index (χ3v) is 6.12. The first kappa shape index (κ1) is 25.0. The van der Waals surface area contributed by atoms with Crippen LogP contribution >= 0.6 is 15.9 Å². The van der Waals surface area contributed by atoms with Crippen molar-refractivity contribution in [1.82, 2.24) is 0 Å². The van der Waals surface area contributed by atoms with Crippen LogP contribution in [0.25, 0.3) is 0 Å². The summed E-state index contributed by atoms with van der Waals surface area (Å²) in [6, 6.07) is 16.7. The molecule has 3 heteroatoms. The van der Waals surface area contributed by atoms with E-state index in [9.17, 15) is 0 Å². The number of halogens is 1. The minimum atomic E-state index is -0.0156. The number of allylic oxidation sites excluding steroid dienone is 3. The van der Waals surface area contributed by atoms with Gasteiger partial charge in [0.25, 0.3) is 0 Å². The van der Waals surface area contributed by atoms with E-state index in [1.165, 1.54) is 11.1 Å². The minimum Gasteiger partial charge on any atom is -0.494 e. The van der Waals surface area contributed by atoms with Crippen molar-refractivity contribution < 1.29 is 9.47 Å². The molecular weight excluding hydrogens is 448 g/mol. The topological polar surface area (TPSA) is 18.5 Å². The number of hydrogen-bond donors (Lipinski definition) is 0. The number of alkyl halides is 1. The first-order valence-corrected chi connectivity index (χ1v) is 12.1. The molecule has 0 aliphatic rings. The summed E-state index contributed by atoms with van der Waals surface area (Å²) in [7, 11) is 0. The predicted octanol–water partition coefficient (Wildman–Crippen LogP) is 8.18. The molecule has 0 spiro atoms.